The van der Waals surface area contributed by atoms with Gasteiger partial charge in [-0.15, -0.1) is 0 Å². The van der Waals surface area contributed by atoms with Gasteiger partial charge in [0.15, 0.2) is 5.96 Å². The quantitative estimate of drug-likeness (QED) is 0.574. The third-order valence-electron chi connectivity index (χ3n) is 3.09. The highest BCUT2D eigenvalue weighted by Crippen LogP contribution is 2.16. The molecule has 1 rings (SSSR count). The summed E-state index contributed by atoms with van der Waals surface area (Å²) < 4.78 is 0. The molecule has 0 aliphatic carbocycles. The summed E-state index contributed by atoms with van der Waals surface area (Å²) in [6.45, 7) is 10.6. The summed E-state index contributed by atoms with van der Waals surface area (Å²) in [5, 5.41) is 5.87. The van der Waals surface area contributed by atoms with E-state index in [1.165, 1.54) is 0 Å². The highest BCUT2D eigenvalue weighted by Gasteiger charge is 2.26. The number of hydrogen-bond acceptors (Lipinski definition) is 2. The second kappa shape index (κ2) is 7.11. The van der Waals surface area contributed by atoms with Crippen molar-refractivity contribution in [1.29, 1.82) is 0 Å². The van der Waals surface area contributed by atoms with Crippen LogP contribution in [0.5, 0.6) is 0 Å². The normalized spacial score (nSPS) is 12.1. The summed E-state index contributed by atoms with van der Waals surface area (Å²) in [5.41, 5.74) is 8.54. The number of nitrogens with two attached hydrogens (primary N) is 1. The van der Waals surface area contributed by atoms with Crippen LogP contribution in [0.4, 0.5) is 5.69 Å². The van der Waals surface area contributed by atoms with E-state index < -0.39 is 5.41 Å². The second-order valence-electron chi connectivity index (χ2n) is 5.95. The van der Waals surface area contributed by atoms with E-state index in [1.54, 1.807) is 0 Å². The van der Waals surface area contributed by atoms with E-state index >= 15 is 0 Å². The van der Waals surface area contributed by atoms with Crippen LogP contribution >= 0.6 is 0 Å². The summed E-state index contributed by atoms with van der Waals surface area (Å²) in [5.74, 6) is 0.297. The Bertz CT molecular complexity index is 515. The first kappa shape index (κ1) is 17.0. The number of rotatable bonds is 5. The lowest BCUT2D eigenvalue weighted by atomic mass is 9.92. The fraction of sp³-hybridized carbons (Fsp3) is 0.500. The van der Waals surface area contributed by atoms with Gasteiger partial charge < -0.3 is 16.4 Å². The Morgan fingerprint density at radius 1 is 1.24 bits per heavy atom. The minimum absolute atomic E-state index is 0.0204. The maximum Gasteiger partial charge on any atom is 0.227 e. The fourth-order valence-electron chi connectivity index (χ4n) is 1.99. The van der Waals surface area contributed by atoms with Crippen LogP contribution in [0.3, 0.4) is 0 Å². The van der Waals surface area contributed by atoms with Crippen molar-refractivity contribution in [2.45, 2.75) is 34.6 Å². The van der Waals surface area contributed by atoms with Gasteiger partial charge in [0.2, 0.25) is 5.91 Å². The van der Waals surface area contributed by atoms with Crippen molar-refractivity contribution < 1.29 is 4.79 Å². The number of anilines is 1. The molecule has 4 N–H and O–H groups in total. The van der Waals surface area contributed by atoms with Crippen molar-refractivity contribution in [3.8, 4) is 0 Å². The Balaban J connectivity index is 2.70. The van der Waals surface area contributed by atoms with Crippen LogP contribution in [0.15, 0.2) is 23.2 Å². The topological polar surface area (TPSA) is 79.5 Å². The van der Waals surface area contributed by atoms with Gasteiger partial charge in [0.05, 0.1) is 12.0 Å². The zero-order chi connectivity index (χ0) is 16.0. The van der Waals surface area contributed by atoms with Gasteiger partial charge in [0, 0.05) is 12.2 Å². The van der Waals surface area contributed by atoms with Gasteiger partial charge in [0.25, 0.3) is 0 Å². The molecule has 0 atom stereocenters. The third-order valence-corrected chi connectivity index (χ3v) is 3.09. The van der Waals surface area contributed by atoms with Crippen LogP contribution in [0, 0.1) is 19.3 Å². The van der Waals surface area contributed by atoms with Crippen LogP contribution in [-0.2, 0) is 4.79 Å². The first-order valence-electron chi connectivity index (χ1n) is 7.18. The number of nitrogens with one attached hydrogen (secondary N) is 2. The molecule has 21 heavy (non-hydrogen) atoms. The van der Waals surface area contributed by atoms with Crippen molar-refractivity contribution in [1.82, 2.24) is 5.32 Å². The molecular formula is C16H26N4O. The van der Waals surface area contributed by atoms with Gasteiger partial charge in [0.1, 0.15) is 0 Å². The van der Waals surface area contributed by atoms with Crippen molar-refractivity contribution in [2.24, 2.45) is 16.1 Å². The van der Waals surface area contributed by atoms with Gasteiger partial charge >= 0.3 is 0 Å². The van der Waals surface area contributed by atoms with Crippen LogP contribution < -0.4 is 16.4 Å². The van der Waals surface area contributed by atoms with Gasteiger partial charge in [-0.3, -0.25) is 9.79 Å². The van der Waals surface area contributed by atoms with Crippen LogP contribution in [0.25, 0.3) is 0 Å². The molecule has 5 heteroatoms. The number of nitrogens with zero attached hydrogens (tertiary/aromatic N) is 1. The predicted octanol–water partition coefficient (Wildman–Crippen LogP) is 2.19. The first-order chi connectivity index (χ1) is 9.74. The lowest BCUT2D eigenvalue weighted by Crippen LogP contribution is -2.39. The molecule has 1 aromatic carbocycles. The standard InChI is InChI=1S/C16H26N4O/c1-6-18-14(21)16(4,5)10-19-15(17)20-13-8-11(2)7-12(3)9-13/h7-9H,6,10H2,1-5H3,(H,18,21)(H3,17,19,20). The molecule has 0 heterocycles. The minimum Gasteiger partial charge on any atom is -0.370 e. The number of aliphatic imine (C=N–C) groups is 1. The third kappa shape index (κ3) is 5.45. The van der Waals surface area contributed by atoms with E-state index in [0.29, 0.717) is 19.0 Å². The Morgan fingerprint density at radius 3 is 2.33 bits per heavy atom. The SMILES string of the molecule is CCNC(=O)C(C)(C)CN=C(N)Nc1cc(C)cc(C)c1. The zero-order valence-electron chi connectivity index (χ0n) is 13.6. The number of amides is 1. The van der Waals surface area contributed by atoms with Crippen molar-refractivity contribution in [2.75, 3.05) is 18.4 Å². The highest BCUT2D eigenvalue weighted by atomic mass is 16.2. The van der Waals surface area contributed by atoms with Crippen molar-refractivity contribution >= 4 is 17.6 Å². The molecule has 0 bridgehead atoms. The Morgan fingerprint density at radius 2 is 1.81 bits per heavy atom. The van der Waals surface area contributed by atoms with Gasteiger partial charge in [-0.05, 0) is 57.9 Å². The maximum absolute atomic E-state index is 11.9. The summed E-state index contributed by atoms with van der Waals surface area (Å²) >= 11 is 0. The van der Waals surface area contributed by atoms with Crippen molar-refractivity contribution in [3.63, 3.8) is 0 Å². The van der Waals surface area contributed by atoms with E-state index in [2.05, 4.69) is 21.7 Å². The van der Waals surface area contributed by atoms with E-state index in [4.69, 9.17) is 5.73 Å². The Kier molecular flexibility index (Phi) is 5.76. The molecule has 5 nitrogen and oxygen atoms in total. The van der Waals surface area contributed by atoms with Crippen LogP contribution in [0.1, 0.15) is 31.9 Å². The van der Waals surface area contributed by atoms with Gasteiger partial charge in [-0.2, -0.15) is 0 Å². The first-order valence-corrected chi connectivity index (χ1v) is 7.18. The Hall–Kier alpha value is -2.04. The zero-order valence-corrected chi connectivity index (χ0v) is 13.6. The molecule has 0 aliphatic heterocycles. The molecular weight excluding hydrogens is 264 g/mol. The van der Waals surface area contributed by atoms with Crippen molar-refractivity contribution in [3.05, 3.63) is 29.3 Å². The number of benzene rings is 1. The lowest BCUT2D eigenvalue weighted by molar-refractivity contribution is -0.128. The predicted molar refractivity (Wildman–Crippen MR) is 88.5 cm³/mol. The molecule has 0 saturated heterocycles. The molecule has 0 radical (unpaired) electrons. The number of guanidine groups is 1. The summed E-state index contributed by atoms with van der Waals surface area (Å²) in [7, 11) is 0. The summed E-state index contributed by atoms with van der Waals surface area (Å²) in [4.78, 5) is 16.2. The van der Waals surface area contributed by atoms with Gasteiger partial charge in [-0.25, -0.2) is 0 Å². The Labute approximate surface area is 127 Å². The molecule has 0 aliphatic rings. The van der Waals surface area contributed by atoms with E-state index in [9.17, 15) is 4.79 Å². The smallest absolute Gasteiger partial charge is 0.227 e. The minimum atomic E-state index is -0.579. The number of hydrogen-bond donors (Lipinski definition) is 3. The number of carbonyl (C=O) groups excluding carboxylic acids is 1. The average molecular weight is 290 g/mol. The summed E-state index contributed by atoms with van der Waals surface area (Å²) in [6.07, 6.45) is 0. The van der Waals surface area contributed by atoms with Gasteiger partial charge in [-0.1, -0.05) is 6.07 Å². The number of aryl methyl sites for hydroxylation is 2. The molecule has 116 valence electrons. The molecule has 1 amide bonds. The molecule has 0 aromatic heterocycles. The molecule has 0 saturated carbocycles. The average Bonchev–Trinajstić information content (AvgIpc) is 2.35. The maximum atomic E-state index is 11.9. The molecule has 0 fully saturated rings. The fourth-order valence-corrected chi connectivity index (χ4v) is 1.99. The number of carbonyl (C=O) groups is 1. The largest absolute Gasteiger partial charge is 0.370 e. The molecule has 0 spiro atoms. The molecule has 1 aromatic rings. The van der Waals surface area contributed by atoms with E-state index in [1.807, 2.05) is 46.8 Å². The van der Waals surface area contributed by atoms with Crippen LogP contribution in [-0.4, -0.2) is 25.0 Å². The second-order valence-corrected chi connectivity index (χ2v) is 5.95. The van der Waals surface area contributed by atoms with E-state index in [0.717, 1.165) is 16.8 Å². The summed E-state index contributed by atoms with van der Waals surface area (Å²) in [6, 6.07) is 6.10. The highest BCUT2D eigenvalue weighted by molar-refractivity contribution is 5.92. The monoisotopic (exact) mass is 290 g/mol. The molecule has 0 unspecified atom stereocenters. The lowest BCUT2D eigenvalue weighted by Gasteiger charge is -2.21. The van der Waals surface area contributed by atoms with E-state index in [-0.39, 0.29) is 5.91 Å². The van der Waals surface area contributed by atoms with Crippen LogP contribution in [0.2, 0.25) is 0 Å².